The summed E-state index contributed by atoms with van der Waals surface area (Å²) in [4.78, 5) is 19.1. The summed E-state index contributed by atoms with van der Waals surface area (Å²) in [6.07, 6.45) is 6.56. The molecule has 7 nitrogen and oxygen atoms in total. The number of aromatic nitrogens is 2. The molecule has 2 saturated heterocycles. The van der Waals surface area contributed by atoms with Crippen LogP contribution in [0.5, 0.6) is 0 Å². The molecule has 3 aliphatic rings. The topological polar surface area (TPSA) is 77.7 Å². The number of carbonyl (C=O) groups is 1. The van der Waals surface area contributed by atoms with Crippen LogP contribution in [0.15, 0.2) is 52.4 Å². The molecular formula is C32H32FN3O4S. The molecule has 3 fully saturated rings. The monoisotopic (exact) mass is 573 g/mol. The van der Waals surface area contributed by atoms with Gasteiger partial charge in [0.25, 0.3) is 0 Å². The van der Waals surface area contributed by atoms with E-state index in [-0.39, 0.29) is 11.7 Å². The number of ether oxygens (including phenoxy) is 2. The van der Waals surface area contributed by atoms with Gasteiger partial charge in [0.1, 0.15) is 17.3 Å². The van der Waals surface area contributed by atoms with Crippen LogP contribution in [0, 0.1) is 12.7 Å². The minimum atomic E-state index is -0.686. The maximum Gasteiger partial charge on any atom is 0.340 e. The van der Waals surface area contributed by atoms with Crippen molar-refractivity contribution in [2.45, 2.75) is 76.2 Å². The number of anilines is 1. The molecule has 0 spiro atoms. The van der Waals surface area contributed by atoms with E-state index in [0.29, 0.717) is 35.9 Å². The van der Waals surface area contributed by atoms with Crippen molar-refractivity contribution in [1.82, 2.24) is 10.1 Å². The van der Waals surface area contributed by atoms with E-state index in [1.807, 2.05) is 17.5 Å². The molecule has 41 heavy (non-hydrogen) atoms. The number of benzene rings is 2. The number of hydrogen-bond donors (Lipinski definition) is 0. The molecule has 1 unspecified atom stereocenters. The third-order valence-corrected chi connectivity index (χ3v) is 9.56. The highest BCUT2D eigenvalue weighted by molar-refractivity contribution is 7.14. The number of esters is 1. The van der Waals surface area contributed by atoms with Crippen molar-refractivity contribution in [3.8, 4) is 22.5 Å². The minimum absolute atomic E-state index is 0.0757. The molecule has 1 aliphatic carbocycles. The molecule has 2 aliphatic heterocycles. The van der Waals surface area contributed by atoms with Gasteiger partial charge in [0.2, 0.25) is 0 Å². The zero-order chi connectivity index (χ0) is 28.1. The molecule has 0 radical (unpaired) electrons. The third-order valence-electron chi connectivity index (χ3n) is 8.70. The fraction of sp³-hybridized carbons (Fsp3) is 0.406. The van der Waals surface area contributed by atoms with Gasteiger partial charge in [-0.05, 0) is 63.1 Å². The average Bonchev–Trinajstić information content (AvgIpc) is 3.44. The first-order chi connectivity index (χ1) is 20.0. The Balaban J connectivity index is 1.05. The van der Waals surface area contributed by atoms with Crippen LogP contribution in [0.25, 0.3) is 22.5 Å². The van der Waals surface area contributed by atoms with Crippen molar-refractivity contribution >= 4 is 22.4 Å². The summed E-state index contributed by atoms with van der Waals surface area (Å²) in [6, 6.07) is 13.5. The highest BCUT2D eigenvalue weighted by atomic mass is 32.1. The maximum absolute atomic E-state index is 14.5. The van der Waals surface area contributed by atoms with E-state index in [4.69, 9.17) is 14.2 Å². The molecule has 3 atom stereocenters. The van der Waals surface area contributed by atoms with E-state index < -0.39 is 11.8 Å². The van der Waals surface area contributed by atoms with Crippen LogP contribution < -0.4 is 4.90 Å². The number of nitrogens with zero attached hydrogens (tertiary/aromatic N) is 3. The van der Waals surface area contributed by atoms with Crippen molar-refractivity contribution in [2.75, 3.05) is 12.0 Å². The Morgan fingerprint density at radius 1 is 1.12 bits per heavy atom. The van der Waals surface area contributed by atoms with E-state index in [1.165, 1.54) is 24.8 Å². The molecule has 7 rings (SSSR count). The molecular weight excluding hydrogens is 541 g/mol. The lowest BCUT2D eigenvalue weighted by molar-refractivity contribution is 0.0147. The Kier molecular flexibility index (Phi) is 6.87. The van der Waals surface area contributed by atoms with E-state index >= 15 is 0 Å². The Bertz CT molecular complexity index is 1580. The SMILES string of the molecule is COC(=O)c1ccc(-c2csc(N3[C@@H]4CC[C@H]3CC(OCc3c(-c5ccccc5C)noc3C3CC3)C4)n2)cc1F. The molecule has 4 heterocycles. The summed E-state index contributed by atoms with van der Waals surface area (Å²) in [7, 11) is 1.24. The fourth-order valence-electron chi connectivity index (χ4n) is 6.42. The molecule has 2 bridgehead atoms. The molecule has 9 heteroatoms. The van der Waals surface area contributed by atoms with Crippen LogP contribution in [-0.4, -0.2) is 41.4 Å². The average molecular weight is 574 g/mol. The number of piperidine rings is 1. The first-order valence-corrected chi connectivity index (χ1v) is 15.2. The molecule has 1 saturated carbocycles. The van der Waals surface area contributed by atoms with Crippen molar-refractivity contribution < 1.29 is 23.2 Å². The fourth-order valence-corrected chi connectivity index (χ4v) is 7.40. The van der Waals surface area contributed by atoms with Gasteiger partial charge >= 0.3 is 5.97 Å². The first-order valence-electron chi connectivity index (χ1n) is 14.3. The number of fused-ring (bicyclic) bond motifs is 2. The minimum Gasteiger partial charge on any atom is -0.465 e. The number of carbonyl (C=O) groups excluding carboxylic acids is 1. The van der Waals surface area contributed by atoms with Gasteiger partial charge in [0.05, 0.1) is 31.1 Å². The number of halogens is 1. The van der Waals surface area contributed by atoms with Crippen molar-refractivity contribution in [1.29, 1.82) is 0 Å². The summed E-state index contributed by atoms with van der Waals surface area (Å²) in [5.41, 5.74) is 5.59. The normalized spacial score (nSPS) is 21.8. The van der Waals surface area contributed by atoms with E-state index in [9.17, 15) is 9.18 Å². The second-order valence-electron chi connectivity index (χ2n) is 11.4. The second-order valence-corrected chi connectivity index (χ2v) is 12.2. The third kappa shape index (κ3) is 4.95. The molecule has 2 aromatic carbocycles. The van der Waals surface area contributed by atoms with E-state index in [2.05, 4.69) is 33.8 Å². The summed E-state index contributed by atoms with van der Waals surface area (Å²) >= 11 is 1.58. The zero-order valence-corrected chi connectivity index (χ0v) is 24.0. The number of thiazole rings is 1. The van der Waals surface area contributed by atoms with Crippen LogP contribution in [0.3, 0.4) is 0 Å². The Labute approximate surface area is 242 Å². The number of aryl methyl sites for hydroxylation is 1. The van der Waals surface area contributed by atoms with Crippen LogP contribution in [0.4, 0.5) is 9.52 Å². The van der Waals surface area contributed by atoms with Gasteiger partial charge in [0.15, 0.2) is 5.13 Å². The molecule has 212 valence electrons. The van der Waals surface area contributed by atoms with Gasteiger partial charge in [-0.3, -0.25) is 0 Å². The van der Waals surface area contributed by atoms with Gasteiger partial charge in [0, 0.05) is 40.1 Å². The number of rotatable bonds is 8. The van der Waals surface area contributed by atoms with E-state index in [0.717, 1.165) is 66.2 Å². The Morgan fingerprint density at radius 2 is 1.90 bits per heavy atom. The second kappa shape index (κ2) is 10.7. The number of methoxy groups -OCH3 is 1. The van der Waals surface area contributed by atoms with Crippen LogP contribution in [0.1, 0.15) is 71.7 Å². The number of hydrogen-bond acceptors (Lipinski definition) is 8. The Hall–Kier alpha value is -3.56. The molecule has 4 aromatic rings. The summed E-state index contributed by atoms with van der Waals surface area (Å²) < 4.78 is 31.7. The van der Waals surface area contributed by atoms with Gasteiger partial charge in [-0.1, -0.05) is 35.5 Å². The predicted octanol–water partition coefficient (Wildman–Crippen LogP) is 7.29. The lowest BCUT2D eigenvalue weighted by Gasteiger charge is -2.38. The van der Waals surface area contributed by atoms with Crippen molar-refractivity contribution in [3.05, 3.63) is 76.1 Å². The molecule has 0 N–H and O–H groups in total. The lowest BCUT2D eigenvalue weighted by atomic mass is 9.99. The van der Waals surface area contributed by atoms with Gasteiger partial charge in [-0.25, -0.2) is 14.2 Å². The summed E-state index contributed by atoms with van der Waals surface area (Å²) in [5, 5.41) is 7.42. The van der Waals surface area contributed by atoms with Gasteiger partial charge < -0.3 is 18.9 Å². The smallest absolute Gasteiger partial charge is 0.340 e. The Morgan fingerprint density at radius 3 is 2.61 bits per heavy atom. The highest BCUT2D eigenvalue weighted by Crippen LogP contribution is 2.46. The highest BCUT2D eigenvalue weighted by Gasteiger charge is 2.43. The van der Waals surface area contributed by atoms with Crippen molar-refractivity contribution in [2.24, 2.45) is 0 Å². The van der Waals surface area contributed by atoms with E-state index in [1.54, 1.807) is 17.4 Å². The van der Waals surface area contributed by atoms with Crippen LogP contribution in [-0.2, 0) is 16.1 Å². The van der Waals surface area contributed by atoms with Crippen LogP contribution >= 0.6 is 11.3 Å². The van der Waals surface area contributed by atoms with Crippen LogP contribution in [0.2, 0.25) is 0 Å². The lowest BCUT2D eigenvalue weighted by Crippen LogP contribution is -2.45. The van der Waals surface area contributed by atoms with Gasteiger partial charge in [-0.15, -0.1) is 11.3 Å². The maximum atomic E-state index is 14.5. The quantitative estimate of drug-likeness (QED) is 0.205. The van der Waals surface area contributed by atoms with Crippen molar-refractivity contribution in [3.63, 3.8) is 0 Å². The predicted molar refractivity (Wildman–Crippen MR) is 155 cm³/mol. The van der Waals surface area contributed by atoms with Gasteiger partial charge in [-0.2, -0.15) is 0 Å². The largest absolute Gasteiger partial charge is 0.465 e. The summed E-state index contributed by atoms with van der Waals surface area (Å²) in [5.74, 6) is 0.162. The standard InChI is InChI=1S/C32H32FN3O4S/c1-18-5-3-4-6-24(18)29-26(30(40-35-29)19-7-8-19)16-39-23-14-21-10-11-22(15-23)36(21)32-34-28(17-41-32)20-9-12-25(27(33)13-20)31(37)38-2/h3-6,9,12-13,17,19,21-23H,7-8,10-11,14-16H2,1-2H3/t21-,22+,23?. The molecule has 2 aromatic heterocycles. The summed E-state index contributed by atoms with van der Waals surface area (Å²) in [6.45, 7) is 2.62. The first kappa shape index (κ1) is 26.3. The zero-order valence-electron chi connectivity index (χ0n) is 23.1. The molecule has 0 amide bonds.